The van der Waals surface area contributed by atoms with E-state index in [1.807, 2.05) is 6.92 Å². The monoisotopic (exact) mass is 182 g/mol. The molecule has 0 saturated carbocycles. The summed E-state index contributed by atoms with van der Waals surface area (Å²) in [7, 11) is 0. The molecule has 0 aromatic heterocycles. The van der Waals surface area contributed by atoms with Gasteiger partial charge in [-0.25, -0.2) is 0 Å². The third-order valence-corrected chi connectivity index (χ3v) is 1.24. The van der Waals surface area contributed by atoms with Gasteiger partial charge in [0.05, 0.1) is 0 Å². The molecule has 1 rings (SSSR count). The molecule has 40 valence electrons. The summed E-state index contributed by atoms with van der Waals surface area (Å²) < 4.78 is 5.09. The van der Waals surface area contributed by atoms with Gasteiger partial charge < -0.3 is 4.74 Å². The molecule has 0 spiro atoms. The number of rotatable bonds is 0. The summed E-state index contributed by atoms with van der Waals surface area (Å²) in [6, 6.07) is 0. The van der Waals surface area contributed by atoms with Crippen molar-refractivity contribution in [1.29, 1.82) is 0 Å². The van der Waals surface area contributed by atoms with Gasteiger partial charge in [0.25, 0.3) is 0 Å². The maximum atomic E-state index is 5.09. The van der Waals surface area contributed by atoms with Crippen LogP contribution in [0.1, 0.15) is 13.8 Å². The predicted octanol–water partition coefficient (Wildman–Crippen LogP) is -1.48. The van der Waals surface area contributed by atoms with Crippen molar-refractivity contribution in [3.05, 3.63) is 17.8 Å². The van der Waals surface area contributed by atoms with Crippen molar-refractivity contribution in [1.82, 2.24) is 0 Å². The topological polar surface area (TPSA) is 9.23 Å². The van der Waals surface area contributed by atoms with Crippen molar-refractivity contribution < 1.29 is 62.9 Å². The molecule has 0 aromatic rings. The van der Waals surface area contributed by atoms with Gasteiger partial charge in [-0.1, -0.05) is 19.6 Å². The van der Waals surface area contributed by atoms with Crippen LogP contribution in [0.4, 0.5) is 0 Å². The largest absolute Gasteiger partial charge is 1.00 e. The van der Waals surface area contributed by atoms with Crippen molar-refractivity contribution >= 4 is 0 Å². The van der Waals surface area contributed by atoms with Crippen LogP contribution in [0.15, 0.2) is 11.3 Å². The summed E-state index contributed by atoms with van der Waals surface area (Å²) in [6.07, 6.45) is 2.08. The summed E-state index contributed by atoms with van der Waals surface area (Å²) >= 11 is 0. The Morgan fingerprint density at radius 1 is 1.50 bits per heavy atom. The molecular formula is C6H9ORb. The summed E-state index contributed by atoms with van der Waals surface area (Å²) in [4.78, 5) is 0. The Bertz CT molecular complexity index is 95.1. The first kappa shape index (κ1) is 9.22. The number of allylic oxidation sites excluding steroid dienone is 1. The summed E-state index contributed by atoms with van der Waals surface area (Å²) in [5, 5.41) is 0. The average Bonchev–Trinajstić information content (AvgIpc) is 1.91. The van der Waals surface area contributed by atoms with Gasteiger partial charge in [-0.3, -0.25) is 0 Å². The smallest absolute Gasteiger partial charge is 0.595 e. The van der Waals surface area contributed by atoms with Gasteiger partial charge >= 0.3 is 58.2 Å². The molecule has 0 aromatic carbocycles. The quantitative estimate of drug-likeness (QED) is 0.416. The summed E-state index contributed by atoms with van der Waals surface area (Å²) in [6.45, 7) is 4.82. The third kappa shape index (κ3) is 2.22. The van der Waals surface area contributed by atoms with Crippen LogP contribution in [0.5, 0.6) is 0 Å². The molecule has 0 unspecified atom stereocenters. The third-order valence-electron chi connectivity index (χ3n) is 1.24. The minimum Gasteiger partial charge on any atom is -0.595 e. The molecule has 0 N–H and O–H groups in total. The second-order valence-corrected chi connectivity index (χ2v) is 1.75. The van der Waals surface area contributed by atoms with Crippen LogP contribution in [-0.4, -0.2) is 6.61 Å². The normalized spacial score (nSPS) is 16.8. The van der Waals surface area contributed by atoms with Crippen LogP contribution >= 0.6 is 0 Å². The van der Waals surface area contributed by atoms with E-state index in [9.17, 15) is 0 Å². The van der Waals surface area contributed by atoms with Gasteiger partial charge in [0.1, 0.15) is 0 Å². The van der Waals surface area contributed by atoms with E-state index in [0.717, 1.165) is 12.4 Å². The van der Waals surface area contributed by atoms with Crippen LogP contribution in [-0.2, 0) is 4.74 Å². The Morgan fingerprint density at radius 2 is 2.12 bits per heavy atom. The van der Waals surface area contributed by atoms with Crippen LogP contribution in [0, 0.1) is 6.42 Å². The number of hydrogen-bond acceptors (Lipinski definition) is 1. The van der Waals surface area contributed by atoms with E-state index in [-0.39, 0.29) is 58.2 Å². The average molecular weight is 183 g/mol. The molecule has 2 heteroatoms. The molecule has 0 atom stereocenters. The number of hydrogen-bond donors (Lipinski definition) is 0. The Labute approximate surface area is 99.3 Å². The molecule has 0 fully saturated rings. The van der Waals surface area contributed by atoms with Gasteiger partial charge in [-0.15, -0.1) is 0 Å². The molecule has 1 aliphatic rings. The van der Waals surface area contributed by atoms with Crippen LogP contribution < -0.4 is 58.2 Å². The summed E-state index contributed by atoms with van der Waals surface area (Å²) in [5.74, 6) is 1.07. The van der Waals surface area contributed by atoms with Gasteiger partial charge in [0.15, 0.2) is 0 Å². The van der Waals surface area contributed by atoms with Crippen LogP contribution in [0.25, 0.3) is 0 Å². The van der Waals surface area contributed by atoms with Gasteiger partial charge in [0, 0.05) is 6.61 Å². The van der Waals surface area contributed by atoms with E-state index in [0.29, 0.717) is 0 Å². The molecule has 0 aliphatic carbocycles. The first-order chi connectivity index (χ1) is 3.30. The molecule has 8 heavy (non-hydrogen) atoms. The van der Waals surface area contributed by atoms with E-state index >= 15 is 0 Å². The van der Waals surface area contributed by atoms with Crippen LogP contribution in [0.3, 0.4) is 0 Å². The van der Waals surface area contributed by atoms with Gasteiger partial charge in [-0.2, -0.15) is 12.0 Å². The fraction of sp³-hybridized carbons (Fsp3) is 0.500. The van der Waals surface area contributed by atoms with Crippen LogP contribution in [0.2, 0.25) is 0 Å². The molecule has 1 heterocycles. The SMILES string of the molecule is CC1=C(C)OC[CH-]1.[Rb+]. The van der Waals surface area contributed by atoms with Crippen molar-refractivity contribution in [2.75, 3.05) is 6.61 Å². The minimum absolute atomic E-state index is 0. The Balaban J connectivity index is 0.000000490. The van der Waals surface area contributed by atoms with Crippen molar-refractivity contribution in [3.63, 3.8) is 0 Å². The minimum atomic E-state index is 0. The van der Waals surface area contributed by atoms with E-state index in [1.165, 1.54) is 5.57 Å². The Morgan fingerprint density at radius 3 is 2.25 bits per heavy atom. The van der Waals surface area contributed by atoms with E-state index in [2.05, 4.69) is 13.3 Å². The van der Waals surface area contributed by atoms with Gasteiger partial charge in [-0.05, 0) is 0 Å². The van der Waals surface area contributed by atoms with Crippen molar-refractivity contribution in [3.8, 4) is 0 Å². The first-order valence-electron chi connectivity index (χ1n) is 2.44. The maximum Gasteiger partial charge on any atom is 1.00 e. The molecule has 1 aliphatic heterocycles. The standard InChI is InChI=1S/C6H9O.Rb/c1-5-3-4-7-6(5)2;/h3H,4H2,1-2H3;/q-1;+1. The van der Waals surface area contributed by atoms with Crippen molar-refractivity contribution in [2.45, 2.75) is 13.8 Å². The van der Waals surface area contributed by atoms with E-state index in [1.54, 1.807) is 0 Å². The zero-order chi connectivity index (χ0) is 5.28. The number of ether oxygens (including phenoxy) is 1. The Kier molecular flexibility index (Phi) is 4.72. The summed E-state index contributed by atoms with van der Waals surface area (Å²) in [5.41, 5.74) is 1.28. The molecular weight excluding hydrogens is 174 g/mol. The fourth-order valence-electron chi connectivity index (χ4n) is 0.549. The predicted molar refractivity (Wildman–Crippen MR) is 28.6 cm³/mol. The van der Waals surface area contributed by atoms with Gasteiger partial charge in [0.2, 0.25) is 0 Å². The molecule has 0 saturated heterocycles. The maximum absolute atomic E-state index is 5.09. The van der Waals surface area contributed by atoms with E-state index in [4.69, 9.17) is 4.74 Å². The second-order valence-electron chi connectivity index (χ2n) is 1.75. The fourth-order valence-corrected chi connectivity index (χ4v) is 0.549. The van der Waals surface area contributed by atoms with Crippen molar-refractivity contribution in [2.24, 2.45) is 0 Å². The second kappa shape index (κ2) is 4.10. The zero-order valence-corrected chi connectivity index (χ0v) is 10.6. The molecule has 0 bridgehead atoms. The molecule has 1 nitrogen and oxygen atoms in total. The zero-order valence-electron chi connectivity index (χ0n) is 5.69. The molecule has 0 radical (unpaired) electrons. The molecule has 0 amide bonds. The Hall–Kier alpha value is 1.22. The first-order valence-corrected chi connectivity index (χ1v) is 2.44. The van der Waals surface area contributed by atoms with E-state index < -0.39 is 0 Å².